The lowest BCUT2D eigenvalue weighted by atomic mass is 10.1. The molecule has 1 N–H and O–H groups in total. The van der Waals surface area contributed by atoms with Gasteiger partial charge in [-0.2, -0.15) is 5.10 Å². The van der Waals surface area contributed by atoms with E-state index >= 15 is 0 Å². The van der Waals surface area contributed by atoms with Crippen LogP contribution >= 0.6 is 11.3 Å². The van der Waals surface area contributed by atoms with Gasteiger partial charge in [0.2, 0.25) is 0 Å². The minimum atomic E-state index is 0.663. The summed E-state index contributed by atoms with van der Waals surface area (Å²) in [5, 5.41) is 8.13. The second-order valence-corrected chi connectivity index (χ2v) is 9.73. The van der Waals surface area contributed by atoms with E-state index in [1.807, 2.05) is 31.5 Å². The predicted octanol–water partition coefficient (Wildman–Crippen LogP) is 3.89. The number of fused-ring (bicyclic) bond motifs is 1. The van der Waals surface area contributed by atoms with Crippen molar-refractivity contribution in [2.75, 3.05) is 49.2 Å². The van der Waals surface area contributed by atoms with Gasteiger partial charge in [0.05, 0.1) is 17.6 Å². The van der Waals surface area contributed by atoms with Crippen molar-refractivity contribution in [1.29, 1.82) is 0 Å². The van der Waals surface area contributed by atoms with Crippen LogP contribution < -0.4 is 9.80 Å². The van der Waals surface area contributed by atoms with Crippen LogP contribution in [0, 0.1) is 6.92 Å². The molecule has 10 heteroatoms. The highest BCUT2D eigenvalue weighted by atomic mass is 32.1. The number of nitrogens with zero attached hydrogens (tertiary/aromatic N) is 7. The van der Waals surface area contributed by atoms with Crippen LogP contribution in [0.5, 0.6) is 0 Å². The molecule has 0 spiro atoms. The van der Waals surface area contributed by atoms with Crippen LogP contribution in [0.15, 0.2) is 42.9 Å². The fourth-order valence-corrected chi connectivity index (χ4v) is 5.80. The summed E-state index contributed by atoms with van der Waals surface area (Å²) in [5.41, 5.74) is 3.97. The fraction of sp³-hybridized carbons (Fsp3) is 0.417. The Morgan fingerprint density at radius 1 is 1.09 bits per heavy atom. The van der Waals surface area contributed by atoms with Crippen LogP contribution in [-0.4, -0.2) is 75.5 Å². The number of pyridine rings is 2. The molecule has 34 heavy (non-hydrogen) atoms. The predicted molar refractivity (Wildman–Crippen MR) is 134 cm³/mol. The Hall–Kier alpha value is -3.08. The minimum absolute atomic E-state index is 0.663. The molecule has 2 aliphatic heterocycles. The van der Waals surface area contributed by atoms with Crippen LogP contribution in [0.25, 0.3) is 10.3 Å². The normalized spacial score (nSPS) is 18.0. The molecule has 6 heterocycles. The summed E-state index contributed by atoms with van der Waals surface area (Å²) in [4.78, 5) is 22.2. The molecule has 6 rings (SSSR count). The molecule has 0 atom stereocenters. The molecular weight excluding hydrogens is 448 g/mol. The number of piperazine rings is 1. The molecule has 2 aliphatic rings. The maximum Gasteiger partial charge on any atom is 0.198 e. The van der Waals surface area contributed by atoms with Gasteiger partial charge in [-0.3, -0.25) is 14.9 Å². The van der Waals surface area contributed by atoms with E-state index in [-0.39, 0.29) is 0 Å². The first-order valence-corrected chi connectivity index (χ1v) is 12.6. The van der Waals surface area contributed by atoms with E-state index in [2.05, 4.69) is 42.0 Å². The number of thiazole rings is 1. The number of anilines is 4. The van der Waals surface area contributed by atoms with Gasteiger partial charge in [0.1, 0.15) is 16.2 Å². The molecule has 0 unspecified atom stereocenters. The maximum atomic E-state index is 5.55. The summed E-state index contributed by atoms with van der Waals surface area (Å²) in [5.74, 6) is 0.827. The molecule has 2 saturated heterocycles. The summed E-state index contributed by atoms with van der Waals surface area (Å²) in [6.45, 7) is 7.98. The second-order valence-electron chi connectivity index (χ2n) is 8.78. The molecule has 2 fully saturated rings. The number of rotatable bonds is 5. The Morgan fingerprint density at radius 2 is 1.94 bits per heavy atom. The summed E-state index contributed by atoms with van der Waals surface area (Å²) in [7, 11) is 0. The molecule has 0 radical (unpaired) electrons. The average molecular weight is 477 g/mol. The Bertz CT molecular complexity index is 1230. The molecule has 0 aliphatic carbocycles. The van der Waals surface area contributed by atoms with Gasteiger partial charge >= 0.3 is 0 Å². The molecular formula is C24H28N8OS. The van der Waals surface area contributed by atoms with Gasteiger partial charge in [0, 0.05) is 69.6 Å². The van der Waals surface area contributed by atoms with Crippen molar-refractivity contribution in [3.05, 3.63) is 48.5 Å². The van der Waals surface area contributed by atoms with Crippen molar-refractivity contribution >= 4 is 44.0 Å². The van der Waals surface area contributed by atoms with Gasteiger partial charge in [-0.1, -0.05) is 11.3 Å². The van der Waals surface area contributed by atoms with E-state index in [4.69, 9.17) is 14.7 Å². The van der Waals surface area contributed by atoms with Gasteiger partial charge in [-0.05, 0) is 38.0 Å². The first-order valence-electron chi connectivity index (χ1n) is 11.8. The second kappa shape index (κ2) is 9.28. The van der Waals surface area contributed by atoms with Crippen molar-refractivity contribution in [1.82, 2.24) is 30.0 Å². The maximum absolute atomic E-state index is 5.55. The van der Waals surface area contributed by atoms with Crippen LogP contribution in [0.3, 0.4) is 0 Å². The number of ether oxygens (including phenoxy) is 1. The van der Waals surface area contributed by atoms with Crippen molar-refractivity contribution in [3.8, 4) is 0 Å². The quantitative estimate of drug-likeness (QED) is 0.464. The van der Waals surface area contributed by atoms with Crippen molar-refractivity contribution in [2.24, 2.45) is 0 Å². The first-order chi connectivity index (χ1) is 16.8. The van der Waals surface area contributed by atoms with E-state index in [1.54, 1.807) is 17.5 Å². The number of H-pyrrole nitrogens is 1. The van der Waals surface area contributed by atoms with Gasteiger partial charge in [-0.25, -0.2) is 15.0 Å². The highest BCUT2D eigenvalue weighted by molar-refractivity contribution is 7.21. The first kappa shape index (κ1) is 21.5. The number of aryl methyl sites for hydroxylation is 1. The highest BCUT2D eigenvalue weighted by Gasteiger charge is 2.27. The highest BCUT2D eigenvalue weighted by Crippen LogP contribution is 2.39. The van der Waals surface area contributed by atoms with E-state index in [0.29, 0.717) is 6.04 Å². The van der Waals surface area contributed by atoms with Crippen LogP contribution in [0.2, 0.25) is 0 Å². The molecule has 0 amide bonds. The molecule has 0 bridgehead atoms. The van der Waals surface area contributed by atoms with Gasteiger partial charge in [0.15, 0.2) is 5.13 Å². The van der Waals surface area contributed by atoms with Crippen LogP contribution in [-0.2, 0) is 4.74 Å². The lowest BCUT2D eigenvalue weighted by Gasteiger charge is -2.41. The lowest BCUT2D eigenvalue weighted by molar-refractivity contribution is 0.0321. The Labute approximate surface area is 202 Å². The van der Waals surface area contributed by atoms with Crippen molar-refractivity contribution in [2.45, 2.75) is 25.8 Å². The van der Waals surface area contributed by atoms with Crippen LogP contribution in [0.4, 0.5) is 22.3 Å². The minimum Gasteiger partial charge on any atom is -0.381 e. The van der Waals surface area contributed by atoms with E-state index in [0.717, 1.165) is 84.9 Å². The topological polar surface area (TPSA) is 86.3 Å². The van der Waals surface area contributed by atoms with E-state index in [1.165, 1.54) is 5.69 Å². The van der Waals surface area contributed by atoms with E-state index in [9.17, 15) is 0 Å². The summed E-state index contributed by atoms with van der Waals surface area (Å²) >= 11 is 1.56. The number of aromatic nitrogens is 5. The van der Waals surface area contributed by atoms with E-state index < -0.39 is 0 Å². The van der Waals surface area contributed by atoms with Gasteiger partial charge in [-0.15, -0.1) is 0 Å². The Kier molecular flexibility index (Phi) is 5.86. The van der Waals surface area contributed by atoms with Crippen molar-refractivity contribution < 1.29 is 4.74 Å². The molecule has 0 aromatic carbocycles. The monoisotopic (exact) mass is 476 g/mol. The molecule has 176 valence electrons. The summed E-state index contributed by atoms with van der Waals surface area (Å²) in [6.07, 6.45) is 7.82. The zero-order chi connectivity index (χ0) is 22.9. The van der Waals surface area contributed by atoms with Crippen molar-refractivity contribution in [3.63, 3.8) is 0 Å². The SMILES string of the molecule is Cc1[nH]ncc1N(c1cc(N2CCN(C3CCOCC3)CC2)ccn1)c1nc2cccnc2s1. The zero-order valence-corrected chi connectivity index (χ0v) is 20.0. The van der Waals surface area contributed by atoms with Gasteiger partial charge < -0.3 is 9.64 Å². The summed E-state index contributed by atoms with van der Waals surface area (Å²) < 4.78 is 5.55. The molecule has 9 nitrogen and oxygen atoms in total. The Balaban J connectivity index is 1.28. The molecule has 4 aromatic heterocycles. The fourth-order valence-electron chi connectivity index (χ4n) is 4.87. The largest absolute Gasteiger partial charge is 0.381 e. The molecule has 0 saturated carbocycles. The third-order valence-electron chi connectivity index (χ3n) is 6.74. The molecule has 4 aromatic rings. The smallest absolute Gasteiger partial charge is 0.198 e. The average Bonchev–Trinajstić information content (AvgIpc) is 3.51. The number of nitrogens with one attached hydrogen (secondary N) is 1. The zero-order valence-electron chi connectivity index (χ0n) is 19.2. The third-order valence-corrected chi connectivity index (χ3v) is 7.70. The third kappa shape index (κ3) is 4.13. The number of aromatic amines is 1. The summed E-state index contributed by atoms with van der Waals surface area (Å²) in [6, 6.07) is 8.84. The standard InChI is InChI=1S/C24H28N8OS/c1-17-21(16-27-29-17)32(24-28-20-3-2-7-26-23(20)34-24)22-15-19(4-8-25-22)31-11-9-30(10-12-31)18-5-13-33-14-6-18/h2-4,7-8,15-16,18H,5-6,9-14H2,1H3,(H,27,29). The lowest BCUT2D eigenvalue weighted by Crippen LogP contribution is -2.51. The van der Waals surface area contributed by atoms with Crippen LogP contribution in [0.1, 0.15) is 18.5 Å². The number of hydrogen-bond acceptors (Lipinski definition) is 9. The van der Waals surface area contributed by atoms with Gasteiger partial charge in [0.25, 0.3) is 0 Å². The Morgan fingerprint density at radius 3 is 2.71 bits per heavy atom. The number of hydrogen-bond donors (Lipinski definition) is 1.